The predicted octanol–water partition coefficient (Wildman–Crippen LogP) is 3.22. The van der Waals surface area contributed by atoms with Crippen LogP contribution in [0.5, 0.6) is 0 Å². The quantitative estimate of drug-likeness (QED) is 0.826. The number of halogens is 2. The first-order valence-electron chi connectivity index (χ1n) is 8.13. The van der Waals surface area contributed by atoms with Crippen molar-refractivity contribution < 1.29 is 18.3 Å². The molecule has 0 radical (unpaired) electrons. The van der Waals surface area contributed by atoms with Crippen molar-refractivity contribution in [3.63, 3.8) is 0 Å². The lowest BCUT2D eigenvalue weighted by Crippen LogP contribution is -2.51. The molecule has 1 aromatic heterocycles. The van der Waals surface area contributed by atoms with Crippen molar-refractivity contribution >= 4 is 17.1 Å². The van der Waals surface area contributed by atoms with Crippen LogP contribution in [0, 0.1) is 0 Å². The number of hydrogen-bond acceptors (Lipinski definition) is 3. The van der Waals surface area contributed by atoms with Gasteiger partial charge in [-0.05, 0) is 38.8 Å². The van der Waals surface area contributed by atoms with Gasteiger partial charge in [0.2, 0.25) is 0 Å². The number of carbonyl (C=O) groups is 1. The van der Waals surface area contributed by atoms with Crippen LogP contribution in [0.15, 0.2) is 23.0 Å². The molecule has 1 amide bonds. The number of H-pyrrole nitrogens is 2. The molecule has 2 N–H and O–H groups in total. The van der Waals surface area contributed by atoms with Gasteiger partial charge in [0.15, 0.2) is 0 Å². The number of likely N-dealkylation sites (tertiary alicyclic amines) is 1. The highest BCUT2D eigenvalue weighted by molar-refractivity contribution is 5.79. The van der Waals surface area contributed by atoms with Gasteiger partial charge in [0.1, 0.15) is 5.60 Å². The lowest BCUT2D eigenvalue weighted by molar-refractivity contribution is -0.0846. The lowest BCUT2D eigenvalue weighted by atomic mass is 9.85. The van der Waals surface area contributed by atoms with E-state index < -0.39 is 35.8 Å². The smallest absolute Gasteiger partial charge is 0.410 e. The van der Waals surface area contributed by atoms with Gasteiger partial charge in [0.05, 0.1) is 23.5 Å². The maximum absolute atomic E-state index is 14.8. The molecule has 1 unspecified atom stereocenters. The van der Waals surface area contributed by atoms with Crippen molar-refractivity contribution in [2.75, 3.05) is 13.1 Å². The number of nitrogens with zero attached hydrogens (tertiary/aromatic N) is 1. The summed E-state index contributed by atoms with van der Waals surface area (Å²) in [6.07, 6.45) is -0.655. The van der Waals surface area contributed by atoms with Crippen LogP contribution in [0.25, 0.3) is 11.0 Å². The summed E-state index contributed by atoms with van der Waals surface area (Å²) in [6, 6.07) is 4.89. The molecule has 3 rings (SSSR count). The highest BCUT2D eigenvalue weighted by Crippen LogP contribution is 2.42. The van der Waals surface area contributed by atoms with Crippen molar-refractivity contribution in [1.82, 2.24) is 14.9 Å². The normalized spacial score (nSPS) is 20.7. The molecule has 1 atom stereocenters. The van der Waals surface area contributed by atoms with Crippen LogP contribution in [0.3, 0.4) is 0 Å². The number of nitrogens with one attached hydrogen (secondary N) is 2. The van der Waals surface area contributed by atoms with E-state index in [1.165, 1.54) is 0 Å². The Balaban J connectivity index is 1.86. The standard InChI is InChI=1S/C17H21F2N3O3/c1-16(2,3)25-15(24)22-8-7-11(17(18,19)9-22)10-5-4-6-12-13(10)21-14(23)20-12/h4-6,11H,7-9H2,1-3H3,(H2,20,21,23). The summed E-state index contributed by atoms with van der Waals surface area (Å²) in [6.45, 7) is 4.54. The predicted molar refractivity (Wildman–Crippen MR) is 89.0 cm³/mol. The van der Waals surface area contributed by atoms with Gasteiger partial charge in [-0.15, -0.1) is 0 Å². The highest BCUT2D eigenvalue weighted by Gasteiger charge is 2.47. The average molecular weight is 353 g/mol. The third-order valence-corrected chi connectivity index (χ3v) is 4.21. The number of hydrogen-bond donors (Lipinski definition) is 2. The summed E-state index contributed by atoms with van der Waals surface area (Å²) in [7, 11) is 0. The number of fused-ring (bicyclic) bond motifs is 1. The molecule has 0 saturated carbocycles. The topological polar surface area (TPSA) is 78.2 Å². The lowest BCUT2D eigenvalue weighted by Gasteiger charge is -2.39. The molecule has 136 valence electrons. The van der Waals surface area contributed by atoms with Crippen LogP contribution in [-0.4, -0.2) is 45.6 Å². The summed E-state index contributed by atoms with van der Waals surface area (Å²) in [4.78, 5) is 29.8. The fourth-order valence-corrected chi connectivity index (χ4v) is 3.18. The first-order chi connectivity index (χ1) is 11.6. The molecule has 0 spiro atoms. The van der Waals surface area contributed by atoms with E-state index in [0.29, 0.717) is 16.6 Å². The zero-order chi connectivity index (χ0) is 18.4. The van der Waals surface area contributed by atoms with Gasteiger partial charge >= 0.3 is 11.8 Å². The van der Waals surface area contributed by atoms with Crippen LogP contribution in [0.1, 0.15) is 38.7 Å². The van der Waals surface area contributed by atoms with Crippen LogP contribution in [0.2, 0.25) is 0 Å². The van der Waals surface area contributed by atoms with Gasteiger partial charge in [0, 0.05) is 6.54 Å². The van der Waals surface area contributed by atoms with Gasteiger partial charge in [-0.1, -0.05) is 12.1 Å². The van der Waals surface area contributed by atoms with E-state index in [1.54, 1.807) is 39.0 Å². The Bertz CT molecular complexity index is 851. The molecule has 2 aromatic rings. The van der Waals surface area contributed by atoms with Gasteiger partial charge in [-0.3, -0.25) is 0 Å². The molecular weight excluding hydrogens is 332 g/mol. The zero-order valence-electron chi connectivity index (χ0n) is 14.4. The molecule has 25 heavy (non-hydrogen) atoms. The fourth-order valence-electron chi connectivity index (χ4n) is 3.18. The fraction of sp³-hybridized carbons (Fsp3) is 0.529. The monoisotopic (exact) mass is 353 g/mol. The summed E-state index contributed by atoms with van der Waals surface area (Å²) in [5.41, 5.74) is 0.0943. The van der Waals surface area contributed by atoms with Crippen LogP contribution >= 0.6 is 0 Å². The zero-order valence-corrected chi connectivity index (χ0v) is 14.4. The Morgan fingerprint density at radius 1 is 1.32 bits per heavy atom. The summed E-state index contributed by atoms with van der Waals surface area (Å²) in [5, 5.41) is 0. The minimum absolute atomic E-state index is 0.0819. The Kier molecular flexibility index (Phi) is 4.09. The minimum atomic E-state index is -3.13. The first kappa shape index (κ1) is 17.4. The van der Waals surface area contributed by atoms with Crippen LogP contribution < -0.4 is 5.69 Å². The maximum Gasteiger partial charge on any atom is 0.410 e. The van der Waals surface area contributed by atoms with E-state index in [9.17, 15) is 18.4 Å². The molecule has 2 heterocycles. The van der Waals surface area contributed by atoms with E-state index in [1.807, 2.05) is 0 Å². The second-order valence-electron chi connectivity index (χ2n) is 7.35. The molecule has 1 aliphatic rings. The van der Waals surface area contributed by atoms with Crippen molar-refractivity contribution in [2.45, 2.75) is 44.6 Å². The Morgan fingerprint density at radius 2 is 2.04 bits per heavy atom. The molecule has 1 fully saturated rings. The van der Waals surface area contributed by atoms with E-state index in [4.69, 9.17) is 4.74 Å². The van der Waals surface area contributed by atoms with Crippen molar-refractivity contribution in [1.29, 1.82) is 0 Å². The molecule has 1 aromatic carbocycles. The molecule has 1 saturated heterocycles. The Labute approximate surface area is 143 Å². The largest absolute Gasteiger partial charge is 0.444 e. The number of carbonyl (C=O) groups excluding carboxylic acids is 1. The molecule has 1 aliphatic heterocycles. The van der Waals surface area contributed by atoms with Gasteiger partial charge in [-0.25, -0.2) is 18.4 Å². The SMILES string of the molecule is CC(C)(C)OC(=O)N1CCC(c2cccc3[nH]c(=O)[nH]c23)C(F)(F)C1. The van der Waals surface area contributed by atoms with Gasteiger partial charge in [0.25, 0.3) is 5.92 Å². The first-order valence-corrected chi connectivity index (χ1v) is 8.13. The molecule has 6 nitrogen and oxygen atoms in total. The van der Waals surface area contributed by atoms with Gasteiger partial charge < -0.3 is 19.6 Å². The summed E-state index contributed by atoms with van der Waals surface area (Å²) >= 11 is 0. The summed E-state index contributed by atoms with van der Waals surface area (Å²) in [5.74, 6) is -4.21. The third-order valence-electron chi connectivity index (χ3n) is 4.21. The summed E-state index contributed by atoms with van der Waals surface area (Å²) < 4.78 is 34.7. The second kappa shape index (κ2) is 5.86. The van der Waals surface area contributed by atoms with E-state index in [0.717, 1.165) is 4.90 Å². The minimum Gasteiger partial charge on any atom is -0.444 e. The van der Waals surface area contributed by atoms with E-state index in [-0.39, 0.29) is 13.0 Å². The van der Waals surface area contributed by atoms with Crippen LogP contribution in [-0.2, 0) is 4.74 Å². The Hall–Kier alpha value is -2.38. The average Bonchev–Trinajstić information content (AvgIpc) is 2.84. The number of para-hydroxylation sites is 1. The Morgan fingerprint density at radius 3 is 2.68 bits per heavy atom. The second-order valence-corrected chi connectivity index (χ2v) is 7.35. The molecular formula is C17H21F2N3O3. The number of ether oxygens (including phenoxy) is 1. The molecule has 0 aliphatic carbocycles. The highest BCUT2D eigenvalue weighted by atomic mass is 19.3. The number of imidazole rings is 1. The van der Waals surface area contributed by atoms with E-state index >= 15 is 0 Å². The number of rotatable bonds is 1. The van der Waals surface area contributed by atoms with Crippen molar-refractivity contribution in [2.24, 2.45) is 0 Å². The number of alkyl halides is 2. The molecule has 8 heteroatoms. The van der Waals surface area contributed by atoms with E-state index in [2.05, 4.69) is 9.97 Å². The number of amides is 1. The number of piperidine rings is 1. The maximum atomic E-state index is 14.8. The number of aromatic amines is 2. The van der Waals surface area contributed by atoms with Crippen molar-refractivity contribution in [3.05, 3.63) is 34.2 Å². The van der Waals surface area contributed by atoms with Gasteiger partial charge in [-0.2, -0.15) is 0 Å². The van der Waals surface area contributed by atoms with Crippen molar-refractivity contribution in [3.8, 4) is 0 Å². The number of aromatic nitrogens is 2. The third kappa shape index (κ3) is 3.52. The number of benzene rings is 1. The van der Waals surface area contributed by atoms with Crippen LogP contribution in [0.4, 0.5) is 13.6 Å². The molecule has 0 bridgehead atoms.